The number of hydrogen-bond acceptors (Lipinski definition) is 2. The second-order valence-corrected chi connectivity index (χ2v) is 5.14. The lowest BCUT2D eigenvalue weighted by Crippen LogP contribution is -2.38. The molecule has 1 aromatic carbocycles. The molecule has 1 heterocycles. The van der Waals surface area contributed by atoms with Crippen LogP contribution in [0.3, 0.4) is 0 Å². The van der Waals surface area contributed by atoms with E-state index in [-0.39, 0.29) is 36.1 Å². The van der Waals surface area contributed by atoms with Crippen LogP contribution in [0.4, 0.5) is 4.39 Å². The van der Waals surface area contributed by atoms with Gasteiger partial charge in [0.1, 0.15) is 11.9 Å². The molecule has 1 atom stereocenters. The number of halogens is 2. The first-order valence-electron chi connectivity index (χ1n) is 7.16. The van der Waals surface area contributed by atoms with E-state index in [2.05, 4.69) is 4.99 Å². The number of rotatable bonds is 3. The van der Waals surface area contributed by atoms with Gasteiger partial charge in [-0.25, -0.2) is 4.39 Å². The molecule has 0 saturated carbocycles. The zero-order chi connectivity index (χ0) is 14.4. The molecule has 118 valence electrons. The summed E-state index contributed by atoms with van der Waals surface area (Å²) >= 11 is 0. The van der Waals surface area contributed by atoms with Crippen LogP contribution < -0.4 is 5.73 Å². The highest BCUT2D eigenvalue weighted by Gasteiger charge is 2.14. The molecule has 0 spiro atoms. The first-order valence-corrected chi connectivity index (χ1v) is 7.16. The van der Waals surface area contributed by atoms with Crippen LogP contribution in [0.15, 0.2) is 29.3 Å². The molecule has 1 aromatic rings. The van der Waals surface area contributed by atoms with Crippen LogP contribution in [0, 0.1) is 5.82 Å². The minimum Gasteiger partial charge on any atom is -0.386 e. The Morgan fingerprint density at radius 2 is 1.86 bits per heavy atom. The maximum atomic E-state index is 13.5. The molecule has 6 heteroatoms. The molecule has 0 radical (unpaired) electrons. The molecule has 2 rings (SSSR count). The molecule has 3 N–H and O–H groups in total. The Labute approximate surface area is 142 Å². The normalized spacial score (nSPS) is 17.8. The maximum absolute atomic E-state index is 13.5. The molecule has 0 aromatic heterocycles. The Kier molecular flexibility index (Phi) is 7.95. The van der Waals surface area contributed by atoms with E-state index in [0.29, 0.717) is 5.96 Å². The monoisotopic (exact) mass is 407 g/mol. The van der Waals surface area contributed by atoms with Crippen LogP contribution in [0.25, 0.3) is 0 Å². The number of aliphatic hydroxyl groups excluding tert-OH is 1. The van der Waals surface area contributed by atoms with Crippen molar-refractivity contribution in [1.29, 1.82) is 0 Å². The second kappa shape index (κ2) is 9.19. The molecule has 1 saturated heterocycles. The van der Waals surface area contributed by atoms with E-state index in [0.717, 1.165) is 25.9 Å². The van der Waals surface area contributed by atoms with E-state index in [4.69, 9.17) is 5.73 Å². The van der Waals surface area contributed by atoms with Crippen LogP contribution >= 0.6 is 24.0 Å². The Morgan fingerprint density at radius 3 is 2.48 bits per heavy atom. The van der Waals surface area contributed by atoms with Crippen molar-refractivity contribution in [3.05, 3.63) is 35.6 Å². The molecule has 1 aliphatic heterocycles. The van der Waals surface area contributed by atoms with Crippen molar-refractivity contribution in [2.24, 2.45) is 10.7 Å². The molecular weight excluding hydrogens is 384 g/mol. The zero-order valence-corrected chi connectivity index (χ0v) is 14.4. The number of aliphatic imine (C=N–C) groups is 1. The lowest BCUT2D eigenvalue weighted by Gasteiger charge is -2.21. The molecule has 0 bridgehead atoms. The summed E-state index contributed by atoms with van der Waals surface area (Å²) in [5.41, 5.74) is 6.22. The van der Waals surface area contributed by atoms with Crippen LogP contribution in [0.5, 0.6) is 0 Å². The molecule has 21 heavy (non-hydrogen) atoms. The second-order valence-electron chi connectivity index (χ2n) is 5.14. The topological polar surface area (TPSA) is 61.9 Å². The third kappa shape index (κ3) is 5.43. The van der Waals surface area contributed by atoms with E-state index in [9.17, 15) is 9.50 Å². The van der Waals surface area contributed by atoms with E-state index >= 15 is 0 Å². The molecule has 4 nitrogen and oxygen atoms in total. The average Bonchev–Trinajstić information content (AvgIpc) is 2.74. The fourth-order valence-corrected chi connectivity index (χ4v) is 2.42. The Hall–Kier alpha value is -0.890. The third-order valence-corrected chi connectivity index (χ3v) is 3.62. The summed E-state index contributed by atoms with van der Waals surface area (Å²) in [4.78, 5) is 6.25. The van der Waals surface area contributed by atoms with Crippen molar-refractivity contribution in [3.8, 4) is 0 Å². The van der Waals surface area contributed by atoms with E-state index in [1.54, 1.807) is 18.2 Å². The van der Waals surface area contributed by atoms with Gasteiger partial charge in [-0.05, 0) is 18.9 Å². The first kappa shape index (κ1) is 18.2. The van der Waals surface area contributed by atoms with Gasteiger partial charge < -0.3 is 15.7 Å². The Bertz CT molecular complexity index is 462. The van der Waals surface area contributed by atoms with Crippen LogP contribution in [0.1, 0.15) is 37.4 Å². The molecule has 1 aliphatic rings. The van der Waals surface area contributed by atoms with Crippen molar-refractivity contribution in [3.63, 3.8) is 0 Å². The predicted octanol–water partition coefficient (Wildman–Crippen LogP) is 2.67. The summed E-state index contributed by atoms with van der Waals surface area (Å²) in [5.74, 6) is 0.0332. The van der Waals surface area contributed by atoms with Gasteiger partial charge in [-0.3, -0.25) is 4.99 Å². The highest BCUT2D eigenvalue weighted by atomic mass is 127. The molecular formula is C15H23FIN3O. The number of benzene rings is 1. The number of guanidine groups is 1. The average molecular weight is 407 g/mol. The maximum Gasteiger partial charge on any atom is 0.191 e. The van der Waals surface area contributed by atoms with Gasteiger partial charge in [-0.2, -0.15) is 0 Å². The standard InChI is InChI=1S/C15H22FN3O.HI/c16-13-8-4-3-7-12(13)14(20)11-18-15(17)19-9-5-1-2-6-10-19;/h3-4,7-8,14,20H,1-2,5-6,9-11H2,(H2,17,18);1H. The van der Waals surface area contributed by atoms with Crippen LogP contribution in [-0.4, -0.2) is 35.6 Å². The van der Waals surface area contributed by atoms with Crippen molar-refractivity contribution in [2.45, 2.75) is 31.8 Å². The summed E-state index contributed by atoms with van der Waals surface area (Å²) in [5, 5.41) is 9.98. The fraction of sp³-hybridized carbons (Fsp3) is 0.533. The SMILES string of the molecule is I.NC(=NCC(O)c1ccccc1F)N1CCCCCC1. The number of nitrogens with zero attached hydrogens (tertiary/aromatic N) is 2. The minimum atomic E-state index is -0.957. The number of likely N-dealkylation sites (tertiary alicyclic amines) is 1. The van der Waals surface area contributed by atoms with E-state index < -0.39 is 11.9 Å². The van der Waals surface area contributed by atoms with Gasteiger partial charge in [0.25, 0.3) is 0 Å². The Morgan fingerprint density at radius 1 is 1.24 bits per heavy atom. The quantitative estimate of drug-likeness (QED) is 0.460. The molecule has 0 aliphatic carbocycles. The van der Waals surface area contributed by atoms with Gasteiger partial charge in [0.15, 0.2) is 5.96 Å². The lowest BCUT2D eigenvalue weighted by molar-refractivity contribution is 0.182. The summed E-state index contributed by atoms with van der Waals surface area (Å²) in [7, 11) is 0. The van der Waals surface area contributed by atoms with Gasteiger partial charge in [0.2, 0.25) is 0 Å². The molecule has 0 amide bonds. The smallest absolute Gasteiger partial charge is 0.191 e. The van der Waals surface area contributed by atoms with Gasteiger partial charge in [-0.15, -0.1) is 24.0 Å². The number of hydrogen-bond donors (Lipinski definition) is 2. The number of nitrogens with two attached hydrogens (primary N) is 1. The minimum absolute atomic E-state index is 0. The van der Waals surface area contributed by atoms with Crippen molar-refractivity contribution < 1.29 is 9.50 Å². The van der Waals surface area contributed by atoms with Crippen LogP contribution in [-0.2, 0) is 0 Å². The van der Waals surface area contributed by atoms with Crippen molar-refractivity contribution in [2.75, 3.05) is 19.6 Å². The molecule has 1 unspecified atom stereocenters. The van der Waals surface area contributed by atoms with Crippen molar-refractivity contribution in [1.82, 2.24) is 4.90 Å². The molecule has 1 fully saturated rings. The van der Waals surface area contributed by atoms with Gasteiger partial charge >= 0.3 is 0 Å². The van der Waals surface area contributed by atoms with Gasteiger partial charge in [-0.1, -0.05) is 31.0 Å². The predicted molar refractivity (Wildman–Crippen MR) is 93.3 cm³/mol. The van der Waals surface area contributed by atoms with Crippen molar-refractivity contribution >= 4 is 29.9 Å². The van der Waals surface area contributed by atoms with E-state index in [1.807, 2.05) is 4.90 Å². The highest BCUT2D eigenvalue weighted by Crippen LogP contribution is 2.17. The summed E-state index contributed by atoms with van der Waals surface area (Å²) in [6, 6.07) is 6.20. The Balaban J connectivity index is 0.00000220. The number of aliphatic hydroxyl groups is 1. The van der Waals surface area contributed by atoms with Gasteiger partial charge in [0.05, 0.1) is 6.54 Å². The lowest BCUT2D eigenvalue weighted by atomic mass is 10.1. The fourth-order valence-electron chi connectivity index (χ4n) is 2.42. The summed E-state index contributed by atoms with van der Waals surface area (Å²) < 4.78 is 13.5. The van der Waals surface area contributed by atoms with E-state index in [1.165, 1.54) is 18.9 Å². The largest absolute Gasteiger partial charge is 0.386 e. The first-order chi connectivity index (χ1) is 9.68. The summed E-state index contributed by atoms with van der Waals surface area (Å²) in [6.07, 6.45) is 3.73. The third-order valence-electron chi connectivity index (χ3n) is 3.62. The zero-order valence-electron chi connectivity index (χ0n) is 12.0. The summed E-state index contributed by atoms with van der Waals surface area (Å²) in [6.45, 7) is 1.90. The highest BCUT2D eigenvalue weighted by molar-refractivity contribution is 14.0. The van der Waals surface area contributed by atoms with Gasteiger partial charge in [0, 0.05) is 18.7 Å². The van der Waals surface area contributed by atoms with Crippen LogP contribution in [0.2, 0.25) is 0 Å².